The fourth-order valence-corrected chi connectivity index (χ4v) is 5.66. The monoisotopic (exact) mass is 565 g/mol. The molecule has 2 unspecified atom stereocenters. The summed E-state index contributed by atoms with van der Waals surface area (Å²) in [5.74, 6) is -0.224. The Morgan fingerprint density at radius 3 is 2.08 bits per heavy atom. The van der Waals surface area contributed by atoms with Crippen molar-refractivity contribution in [2.75, 3.05) is 18.0 Å². The lowest BCUT2D eigenvalue weighted by atomic mass is 10.1. The number of nitrogens with zero attached hydrogens (tertiary/aromatic N) is 2. The zero-order valence-electron chi connectivity index (χ0n) is 23.8. The molecule has 0 aromatic heterocycles. The van der Waals surface area contributed by atoms with Crippen molar-refractivity contribution in [1.29, 1.82) is 0 Å². The molecule has 214 valence electrons. The predicted octanol–water partition coefficient (Wildman–Crippen LogP) is 4.92. The highest BCUT2D eigenvalue weighted by molar-refractivity contribution is 7.92. The molecule has 1 N–H and O–H groups in total. The van der Waals surface area contributed by atoms with Crippen LogP contribution in [0.1, 0.15) is 44.7 Å². The van der Waals surface area contributed by atoms with Crippen LogP contribution in [0.3, 0.4) is 0 Å². The van der Waals surface area contributed by atoms with Gasteiger partial charge in [-0.2, -0.15) is 0 Å². The third-order valence-electron chi connectivity index (χ3n) is 6.83. The summed E-state index contributed by atoms with van der Waals surface area (Å²) in [6.07, 6.45) is 1.12. The average Bonchev–Trinajstić information content (AvgIpc) is 2.96. The van der Waals surface area contributed by atoms with Gasteiger partial charge in [0.05, 0.1) is 17.7 Å². The first-order chi connectivity index (χ1) is 19.1. The number of hydrogen-bond donors (Lipinski definition) is 1. The fraction of sp³-hybridized carbons (Fsp3) is 0.355. The quantitative estimate of drug-likeness (QED) is 0.317. The average molecular weight is 566 g/mol. The van der Waals surface area contributed by atoms with Crippen LogP contribution in [0.4, 0.5) is 5.69 Å². The van der Waals surface area contributed by atoms with Gasteiger partial charge in [0.15, 0.2) is 0 Å². The highest BCUT2D eigenvalue weighted by atomic mass is 32.2. The first-order valence-electron chi connectivity index (χ1n) is 13.5. The number of rotatable bonds is 13. The molecule has 0 fully saturated rings. The van der Waals surface area contributed by atoms with E-state index < -0.39 is 28.5 Å². The largest absolute Gasteiger partial charge is 0.497 e. The van der Waals surface area contributed by atoms with Gasteiger partial charge in [-0.05, 0) is 68.7 Å². The minimum absolute atomic E-state index is 0.0246. The number of methoxy groups -OCH3 is 1. The van der Waals surface area contributed by atoms with Gasteiger partial charge in [-0.1, -0.05) is 61.9 Å². The van der Waals surface area contributed by atoms with Crippen molar-refractivity contribution in [3.8, 4) is 5.75 Å². The van der Waals surface area contributed by atoms with E-state index in [-0.39, 0.29) is 23.4 Å². The molecule has 0 radical (unpaired) electrons. The van der Waals surface area contributed by atoms with Crippen LogP contribution in [0.15, 0.2) is 83.8 Å². The minimum atomic E-state index is -4.13. The second kappa shape index (κ2) is 14.0. The SMILES string of the molecule is CCC(C)NC(=O)C(CC)N(Cc1ccc(C)cc1)C(=O)CN(c1ccccc1)S(=O)(=O)c1ccc(OC)cc1. The molecule has 3 aromatic rings. The van der Waals surface area contributed by atoms with Gasteiger partial charge in [0.25, 0.3) is 10.0 Å². The summed E-state index contributed by atoms with van der Waals surface area (Å²) in [6, 6.07) is 21.4. The Morgan fingerprint density at radius 2 is 1.52 bits per heavy atom. The first-order valence-corrected chi connectivity index (χ1v) is 14.9. The van der Waals surface area contributed by atoms with Crippen molar-refractivity contribution >= 4 is 27.5 Å². The summed E-state index contributed by atoms with van der Waals surface area (Å²) in [5.41, 5.74) is 2.26. The van der Waals surface area contributed by atoms with Crippen molar-refractivity contribution in [3.63, 3.8) is 0 Å². The summed E-state index contributed by atoms with van der Waals surface area (Å²) in [5, 5.41) is 2.99. The lowest BCUT2D eigenvalue weighted by Gasteiger charge is -2.33. The number of anilines is 1. The molecule has 0 aliphatic heterocycles. The number of hydrogen-bond acceptors (Lipinski definition) is 5. The molecular weight excluding hydrogens is 526 g/mol. The van der Waals surface area contributed by atoms with Gasteiger partial charge in [0, 0.05) is 12.6 Å². The Kier molecular flexibility index (Phi) is 10.7. The molecule has 2 amide bonds. The van der Waals surface area contributed by atoms with Crippen LogP contribution in [0.5, 0.6) is 5.75 Å². The minimum Gasteiger partial charge on any atom is -0.497 e. The highest BCUT2D eigenvalue weighted by Crippen LogP contribution is 2.26. The fourth-order valence-electron chi connectivity index (χ4n) is 4.25. The topological polar surface area (TPSA) is 96.0 Å². The third kappa shape index (κ3) is 7.63. The smallest absolute Gasteiger partial charge is 0.264 e. The van der Waals surface area contributed by atoms with Crippen LogP contribution in [-0.4, -0.2) is 50.9 Å². The number of carbonyl (C=O) groups excluding carboxylic acids is 2. The van der Waals surface area contributed by atoms with E-state index >= 15 is 0 Å². The van der Waals surface area contributed by atoms with E-state index in [1.165, 1.54) is 24.1 Å². The van der Waals surface area contributed by atoms with Gasteiger partial charge >= 0.3 is 0 Å². The molecule has 0 spiro atoms. The summed E-state index contributed by atoms with van der Waals surface area (Å²) in [4.78, 5) is 28.9. The Labute approximate surface area is 238 Å². The van der Waals surface area contributed by atoms with Crippen LogP contribution in [0, 0.1) is 6.92 Å². The van der Waals surface area contributed by atoms with Crippen molar-refractivity contribution in [1.82, 2.24) is 10.2 Å². The maximum Gasteiger partial charge on any atom is 0.264 e. The normalized spacial score (nSPS) is 12.7. The number of benzene rings is 3. The number of aryl methyl sites for hydroxylation is 1. The maximum atomic E-state index is 14.1. The van der Waals surface area contributed by atoms with Gasteiger partial charge < -0.3 is 15.0 Å². The molecule has 0 saturated carbocycles. The molecular formula is C31H39N3O5S. The van der Waals surface area contributed by atoms with E-state index in [9.17, 15) is 18.0 Å². The number of nitrogens with one attached hydrogen (secondary N) is 1. The number of amides is 2. The number of ether oxygens (including phenoxy) is 1. The van der Waals surface area contributed by atoms with E-state index in [4.69, 9.17) is 4.74 Å². The number of sulfonamides is 1. The van der Waals surface area contributed by atoms with Crippen molar-refractivity contribution in [3.05, 3.63) is 90.0 Å². The standard InChI is InChI=1S/C31H39N3O5S/c1-6-24(4)32-31(36)29(7-2)33(21-25-15-13-23(3)14-16-25)30(35)22-34(26-11-9-8-10-12-26)40(37,38)28-19-17-27(39-5)18-20-28/h8-20,24,29H,6-7,21-22H2,1-5H3,(H,32,36). The highest BCUT2D eigenvalue weighted by Gasteiger charge is 2.34. The van der Waals surface area contributed by atoms with Crippen molar-refractivity contribution < 1.29 is 22.7 Å². The molecule has 0 bridgehead atoms. The Balaban J connectivity index is 2.02. The predicted molar refractivity (Wildman–Crippen MR) is 158 cm³/mol. The summed E-state index contributed by atoms with van der Waals surface area (Å²) < 4.78 is 34.0. The summed E-state index contributed by atoms with van der Waals surface area (Å²) in [7, 11) is -2.63. The van der Waals surface area contributed by atoms with E-state index in [1.54, 1.807) is 42.5 Å². The lowest BCUT2D eigenvalue weighted by Crippen LogP contribution is -2.53. The zero-order valence-corrected chi connectivity index (χ0v) is 24.6. The lowest BCUT2D eigenvalue weighted by molar-refractivity contribution is -0.140. The molecule has 8 nitrogen and oxygen atoms in total. The van der Waals surface area contributed by atoms with E-state index in [0.717, 1.165) is 21.9 Å². The molecule has 0 saturated heterocycles. The summed E-state index contributed by atoms with van der Waals surface area (Å²) in [6.45, 7) is 7.40. The van der Waals surface area contributed by atoms with Crippen LogP contribution < -0.4 is 14.4 Å². The number of carbonyl (C=O) groups is 2. The van der Waals surface area contributed by atoms with Gasteiger partial charge in [0.2, 0.25) is 11.8 Å². The molecule has 9 heteroatoms. The van der Waals surface area contributed by atoms with Crippen molar-refractivity contribution in [2.24, 2.45) is 0 Å². The van der Waals surface area contributed by atoms with Crippen LogP contribution >= 0.6 is 0 Å². The van der Waals surface area contributed by atoms with Gasteiger partial charge in [-0.15, -0.1) is 0 Å². The van der Waals surface area contributed by atoms with Crippen LogP contribution in [0.2, 0.25) is 0 Å². The second-order valence-electron chi connectivity index (χ2n) is 9.77. The molecule has 3 aromatic carbocycles. The maximum absolute atomic E-state index is 14.1. The second-order valence-corrected chi connectivity index (χ2v) is 11.6. The van der Waals surface area contributed by atoms with Gasteiger partial charge in [0.1, 0.15) is 18.3 Å². The Morgan fingerprint density at radius 1 is 0.900 bits per heavy atom. The van der Waals surface area contributed by atoms with Crippen molar-refractivity contribution in [2.45, 2.75) is 64.1 Å². The van der Waals surface area contributed by atoms with E-state index in [0.29, 0.717) is 17.9 Å². The Hall–Kier alpha value is -3.85. The molecule has 0 heterocycles. The zero-order chi connectivity index (χ0) is 29.3. The molecule has 0 aliphatic rings. The van der Waals surface area contributed by atoms with Crippen LogP contribution in [0.25, 0.3) is 0 Å². The molecule has 0 aliphatic carbocycles. The molecule has 2 atom stereocenters. The molecule has 40 heavy (non-hydrogen) atoms. The Bertz CT molecular complexity index is 1360. The summed E-state index contributed by atoms with van der Waals surface area (Å²) >= 11 is 0. The van der Waals surface area contributed by atoms with E-state index in [1.807, 2.05) is 52.0 Å². The first kappa shape index (κ1) is 30.7. The van der Waals surface area contributed by atoms with E-state index in [2.05, 4.69) is 5.32 Å². The van der Waals surface area contributed by atoms with Gasteiger partial charge in [-0.3, -0.25) is 13.9 Å². The van der Waals surface area contributed by atoms with Gasteiger partial charge in [-0.25, -0.2) is 8.42 Å². The molecule has 3 rings (SSSR count). The van der Waals surface area contributed by atoms with Crippen LogP contribution in [-0.2, 0) is 26.2 Å². The number of para-hydroxylation sites is 1. The third-order valence-corrected chi connectivity index (χ3v) is 8.62.